The monoisotopic (exact) mass is 288 g/mol. The van der Waals surface area contributed by atoms with Crippen LogP contribution >= 0.6 is 12.2 Å². The van der Waals surface area contributed by atoms with Gasteiger partial charge in [-0.2, -0.15) is 0 Å². The Bertz CT molecular complexity index is 452. The van der Waals surface area contributed by atoms with Gasteiger partial charge in [-0.15, -0.1) is 0 Å². The van der Waals surface area contributed by atoms with Gasteiger partial charge >= 0.3 is 0 Å². The molecule has 104 valence electrons. The maximum Gasteiger partial charge on any atom is 0.260 e. The lowest BCUT2D eigenvalue weighted by molar-refractivity contribution is -0.133. The molecule has 0 atom stereocenters. The van der Waals surface area contributed by atoms with E-state index in [0.29, 0.717) is 11.3 Å². The van der Waals surface area contributed by atoms with E-state index in [2.05, 4.69) is 0 Å². The third-order valence-corrected chi connectivity index (χ3v) is 2.57. The first kappa shape index (κ1) is 15.3. The van der Waals surface area contributed by atoms with E-state index in [1.54, 1.807) is 24.3 Å². The van der Waals surface area contributed by atoms with Crippen molar-refractivity contribution in [2.75, 3.05) is 20.2 Å². The number of halogens is 2. The van der Waals surface area contributed by atoms with Crippen molar-refractivity contribution in [1.29, 1.82) is 0 Å². The second-order valence-corrected chi connectivity index (χ2v) is 4.28. The maximum atomic E-state index is 12.1. The number of ether oxygens (including phenoxy) is 1. The van der Waals surface area contributed by atoms with E-state index in [-0.39, 0.29) is 11.6 Å². The molecule has 0 aliphatic carbocycles. The smallest absolute Gasteiger partial charge is 0.260 e. The maximum absolute atomic E-state index is 12.1. The first-order valence-electron chi connectivity index (χ1n) is 5.45. The Morgan fingerprint density at radius 2 is 2.00 bits per heavy atom. The van der Waals surface area contributed by atoms with E-state index in [1.165, 1.54) is 7.05 Å². The first-order chi connectivity index (χ1) is 8.90. The SMILES string of the molecule is CN(CC(F)F)C(=O)COc1ccc(C(N)=S)cc1. The number of hydrogen-bond donors (Lipinski definition) is 1. The summed E-state index contributed by atoms with van der Waals surface area (Å²) in [5.74, 6) is -0.0717. The Labute approximate surface area is 115 Å². The molecule has 0 unspecified atom stereocenters. The van der Waals surface area contributed by atoms with Crippen LogP contribution in [0, 0.1) is 0 Å². The molecular weight excluding hydrogens is 274 g/mol. The molecule has 0 aliphatic rings. The van der Waals surface area contributed by atoms with Gasteiger partial charge in [-0.05, 0) is 24.3 Å². The van der Waals surface area contributed by atoms with Crippen LogP contribution in [0.4, 0.5) is 8.78 Å². The number of nitrogens with two attached hydrogens (primary N) is 1. The summed E-state index contributed by atoms with van der Waals surface area (Å²) in [6, 6.07) is 6.53. The number of benzene rings is 1. The fourth-order valence-electron chi connectivity index (χ4n) is 1.28. The molecule has 0 bridgehead atoms. The highest BCUT2D eigenvalue weighted by atomic mass is 32.1. The molecule has 1 aromatic carbocycles. The molecule has 19 heavy (non-hydrogen) atoms. The minimum Gasteiger partial charge on any atom is -0.484 e. The van der Waals surface area contributed by atoms with Crippen LogP contribution in [0.3, 0.4) is 0 Å². The molecule has 1 rings (SSSR count). The summed E-state index contributed by atoms with van der Waals surface area (Å²) in [4.78, 5) is 12.6. The fourth-order valence-corrected chi connectivity index (χ4v) is 1.42. The van der Waals surface area contributed by atoms with Gasteiger partial charge in [0.15, 0.2) is 6.61 Å². The number of alkyl halides is 2. The minimum atomic E-state index is -2.56. The molecule has 0 saturated heterocycles. The highest BCUT2D eigenvalue weighted by Crippen LogP contribution is 2.12. The van der Waals surface area contributed by atoms with Gasteiger partial charge in [0.1, 0.15) is 10.7 Å². The third-order valence-electron chi connectivity index (χ3n) is 2.34. The fraction of sp³-hybridized carbons (Fsp3) is 0.333. The highest BCUT2D eigenvalue weighted by molar-refractivity contribution is 7.80. The highest BCUT2D eigenvalue weighted by Gasteiger charge is 2.14. The number of likely N-dealkylation sites (N-methyl/N-ethyl adjacent to an activating group) is 1. The van der Waals surface area contributed by atoms with Gasteiger partial charge in [-0.1, -0.05) is 12.2 Å². The van der Waals surface area contributed by atoms with Crippen molar-refractivity contribution in [3.05, 3.63) is 29.8 Å². The number of thiocarbonyl (C=S) groups is 1. The number of amides is 1. The van der Waals surface area contributed by atoms with Crippen molar-refractivity contribution < 1.29 is 18.3 Å². The minimum absolute atomic E-state index is 0.263. The van der Waals surface area contributed by atoms with Crippen LogP contribution in [0.1, 0.15) is 5.56 Å². The summed E-state index contributed by atoms with van der Waals surface area (Å²) in [6.45, 7) is -0.905. The topological polar surface area (TPSA) is 55.6 Å². The molecule has 0 spiro atoms. The Morgan fingerprint density at radius 3 is 2.47 bits per heavy atom. The average molecular weight is 288 g/mol. The van der Waals surface area contributed by atoms with Gasteiger partial charge in [0, 0.05) is 12.6 Å². The normalized spacial score (nSPS) is 10.3. The van der Waals surface area contributed by atoms with Gasteiger partial charge in [-0.3, -0.25) is 4.79 Å². The zero-order valence-corrected chi connectivity index (χ0v) is 11.1. The molecule has 0 saturated carbocycles. The summed E-state index contributed by atoms with van der Waals surface area (Å²) in [5.41, 5.74) is 6.11. The van der Waals surface area contributed by atoms with E-state index in [9.17, 15) is 13.6 Å². The number of carbonyl (C=O) groups is 1. The van der Waals surface area contributed by atoms with E-state index in [4.69, 9.17) is 22.7 Å². The number of carbonyl (C=O) groups excluding carboxylic acids is 1. The standard InChI is InChI=1S/C12H14F2N2O2S/c1-16(6-10(13)14)11(17)7-18-9-4-2-8(3-5-9)12(15)19/h2-5,10H,6-7H2,1H3,(H2,15,19). The second kappa shape index (κ2) is 6.98. The molecule has 0 heterocycles. The van der Waals surface area contributed by atoms with Crippen molar-refractivity contribution in [2.45, 2.75) is 6.43 Å². The molecule has 0 fully saturated rings. The number of hydrogen-bond acceptors (Lipinski definition) is 3. The van der Waals surface area contributed by atoms with E-state index in [0.717, 1.165) is 4.90 Å². The summed E-state index contributed by atoms with van der Waals surface area (Å²) < 4.78 is 29.3. The van der Waals surface area contributed by atoms with Gasteiger partial charge in [0.05, 0.1) is 6.54 Å². The van der Waals surface area contributed by atoms with Crippen LogP contribution in [-0.2, 0) is 4.79 Å². The Hall–Kier alpha value is -1.76. The van der Waals surface area contributed by atoms with Crippen molar-refractivity contribution in [2.24, 2.45) is 5.73 Å². The van der Waals surface area contributed by atoms with E-state index < -0.39 is 18.9 Å². The van der Waals surface area contributed by atoms with Crippen molar-refractivity contribution in [3.63, 3.8) is 0 Å². The molecule has 2 N–H and O–H groups in total. The zero-order chi connectivity index (χ0) is 14.4. The summed E-state index contributed by atoms with van der Waals surface area (Å²) in [6.07, 6.45) is -2.56. The van der Waals surface area contributed by atoms with Crippen molar-refractivity contribution >= 4 is 23.1 Å². The van der Waals surface area contributed by atoms with Crippen molar-refractivity contribution in [1.82, 2.24) is 4.90 Å². The lowest BCUT2D eigenvalue weighted by atomic mass is 10.2. The van der Waals surface area contributed by atoms with Crippen LogP contribution < -0.4 is 10.5 Å². The van der Waals surface area contributed by atoms with Crippen LogP contribution in [0.15, 0.2) is 24.3 Å². The van der Waals surface area contributed by atoms with Crippen LogP contribution in [0.25, 0.3) is 0 Å². The van der Waals surface area contributed by atoms with Crippen LogP contribution in [0.5, 0.6) is 5.75 Å². The van der Waals surface area contributed by atoms with E-state index >= 15 is 0 Å². The first-order valence-corrected chi connectivity index (χ1v) is 5.85. The second-order valence-electron chi connectivity index (χ2n) is 3.84. The molecular formula is C12H14F2N2O2S. The molecule has 1 aromatic rings. The van der Waals surface area contributed by atoms with Gasteiger partial charge < -0.3 is 15.4 Å². The van der Waals surface area contributed by atoms with Gasteiger partial charge in [-0.25, -0.2) is 8.78 Å². The molecule has 1 amide bonds. The molecule has 0 radical (unpaired) electrons. The lowest BCUT2D eigenvalue weighted by Gasteiger charge is -2.16. The summed E-state index contributed by atoms with van der Waals surface area (Å²) in [5, 5.41) is 0. The van der Waals surface area contributed by atoms with Crippen LogP contribution in [0.2, 0.25) is 0 Å². The van der Waals surface area contributed by atoms with Gasteiger partial charge in [0.2, 0.25) is 0 Å². The summed E-state index contributed by atoms with van der Waals surface area (Å²) in [7, 11) is 1.30. The van der Waals surface area contributed by atoms with Crippen LogP contribution in [-0.4, -0.2) is 42.4 Å². The zero-order valence-electron chi connectivity index (χ0n) is 10.3. The molecule has 7 heteroatoms. The number of rotatable bonds is 6. The predicted octanol–water partition coefficient (Wildman–Crippen LogP) is 1.42. The molecule has 0 aromatic heterocycles. The molecule has 4 nitrogen and oxygen atoms in total. The average Bonchev–Trinajstić information content (AvgIpc) is 2.35. The number of nitrogens with zero attached hydrogens (tertiary/aromatic N) is 1. The third kappa shape index (κ3) is 5.17. The Kier molecular flexibility index (Phi) is 5.62. The Balaban J connectivity index is 2.48. The predicted molar refractivity (Wildman–Crippen MR) is 71.5 cm³/mol. The van der Waals surface area contributed by atoms with Gasteiger partial charge in [0.25, 0.3) is 12.3 Å². The lowest BCUT2D eigenvalue weighted by Crippen LogP contribution is -2.34. The van der Waals surface area contributed by atoms with Crippen molar-refractivity contribution in [3.8, 4) is 5.75 Å². The summed E-state index contributed by atoms with van der Waals surface area (Å²) >= 11 is 4.79. The Morgan fingerprint density at radius 1 is 1.42 bits per heavy atom. The van der Waals surface area contributed by atoms with E-state index in [1.807, 2.05) is 0 Å². The largest absolute Gasteiger partial charge is 0.484 e. The quantitative estimate of drug-likeness (QED) is 0.804. The molecule has 0 aliphatic heterocycles.